The van der Waals surface area contributed by atoms with Gasteiger partial charge in [0.15, 0.2) is 0 Å². The maximum Gasteiger partial charge on any atom is 0.0576 e. The molecule has 0 spiro atoms. The summed E-state index contributed by atoms with van der Waals surface area (Å²) in [5.41, 5.74) is 0. The predicted octanol–water partition coefficient (Wildman–Crippen LogP) is 4.15. The lowest BCUT2D eigenvalue weighted by Gasteiger charge is -2.32. The summed E-state index contributed by atoms with van der Waals surface area (Å²) in [4.78, 5) is 0.773. The van der Waals surface area contributed by atoms with Gasteiger partial charge in [0.2, 0.25) is 0 Å². The van der Waals surface area contributed by atoms with Gasteiger partial charge in [-0.2, -0.15) is 0 Å². The molecule has 0 aromatic carbocycles. The molecule has 15 heavy (non-hydrogen) atoms. The molecule has 1 saturated carbocycles. The van der Waals surface area contributed by atoms with Crippen LogP contribution in [0.15, 0.2) is 0 Å². The van der Waals surface area contributed by atoms with Crippen LogP contribution in [0.1, 0.15) is 51.9 Å². The molecule has 2 fully saturated rings. The molecule has 1 heterocycles. The van der Waals surface area contributed by atoms with Crippen molar-refractivity contribution < 1.29 is 4.74 Å². The molecule has 4 unspecified atom stereocenters. The molecule has 2 rings (SSSR count). The highest BCUT2D eigenvalue weighted by Crippen LogP contribution is 2.37. The van der Waals surface area contributed by atoms with Crippen LogP contribution in [0.3, 0.4) is 0 Å². The van der Waals surface area contributed by atoms with E-state index in [4.69, 9.17) is 4.74 Å². The van der Waals surface area contributed by atoms with Crippen molar-refractivity contribution in [1.29, 1.82) is 0 Å². The highest BCUT2D eigenvalue weighted by Gasteiger charge is 2.27. The van der Waals surface area contributed by atoms with Crippen LogP contribution in [0.25, 0.3) is 0 Å². The molecule has 2 heteroatoms. The zero-order valence-corrected chi connectivity index (χ0v) is 11.3. The summed E-state index contributed by atoms with van der Waals surface area (Å²) in [6.45, 7) is 3.40. The van der Waals surface area contributed by atoms with Crippen LogP contribution in [-0.4, -0.2) is 17.5 Å². The average Bonchev–Trinajstić information content (AvgIpc) is 2.72. The van der Waals surface area contributed by atoms with Gasteiger partial charge in [0.1, 0.15) is 0 Å². The lowest BCUT2D eigenvalue weighted by molar-refractivity contribution is 0.0948. The lowest BCUT2D eigenvalue weighted by atomic mass is 9.79. The third kappa shape index (κ3) is 3.45. The summed E-state index contributed by atoms with van der Waals surface area (Å²) < 4.78 is 5.69. The van der Waals surface area contributed by atoms with Crippen molar-refractivity contribution in [3.63, 3.8) is 0 Å². The van der Waals surface area contributed by atoms with Crippen LogP contribution in [-0.2, 0) is 4.74 Å². The molecule has 0 radical (unpaired) electrons. The van der Waals surface area contributed by atoms with E-state index >= 15 is 0 Å². The van der Waals surface area contributed by atoms with E-state index in [1.54, 1.807) is 0 Å². The van der Waals surface area contributed by atoms with Gasteiger partial charge in [0, 0.05) is 11.4 Å². The molecule has 1 saturated heterocycles. The largest absolute Gasteiger partial charge is 0.378 e. The van der Waals surface area contributed by atoms with Crippen LogP contribution in [0.2, 0.25) is 0 Å². The number of alkyl halides is 1. The van der Waals surface area contributed by atoms with Crippen molar-refractivity contribution in [2.45, 2.75) is 62.8 Å². The first kappa shape index (κ1) is 11.9. The Labute approximate surface area is 102 Å². The van der Waals surface area contributed by atoms with E-state index in [2.05, 4.69) is 22.9 Å². The molecular formula is C13H23BrO. The second kappa shape index (κ2) is 5.67. The highest BCUT2D eigenvalue weighted by atomic mass is 79.9. The van der Waals surface area contributed by atoms with Gasteiger partial charge in [0.25, 0.3) is 0 Å². The topological polar surface area (TPSA) is 9.23 Å². The van der Waals surface area contributed by atoms with Crippen molar-refractivity contribution in [1.82, 2.24) is 0 Å². The lowest BCUT2D eigenvalue weighted by Crippen LogP contribution is -2.25. The standard InChI is InChI=1S/C13H23BrO/c1-10-4-7-13(14)11(9-10)5-6-12-3-2-8-15-12/h10-13H,2-9H2,1H3. The summed E-state index contributed by atoms with van der Waals surface area (Å²) >= 11 is 3.85. The summed E-state index contributed by atoms with van der Waals surface area (Å²) in [5.74, 6) is 1.84. The van der Waals surface area contributed by atoms with Crippen molar-refractivity contribution in [2.24, 2.45) is 11.8 Å². The molecule has 1 nitrogen and oxygen atoms in total. The fourth-order valence-corrected chi connectivity index (χ4v) is 3.78. The van der Waals surface area contributed by atoms with Gasteiger partial charge >= 0.3 is 0 Å². The maximum absolute atomic E-state index is 5.69. The molecular weight excluding hydrogens is 252 g/mol. The van der Waals surface area contributed by atoms with Gasteiger partial charge in [-0.15, -0.1) is 0 Å². The Morgan fingerprint density at radius 3 is 2.80 bits per heavy atom. The van der Waals surface area contributed by atoms with E-state index in [0.29, 0.717) is 6.10 Å². The van der Waals surface area contributed by atoms with Crippen LogP contribution in [0, 0.1) is 11.8 Å². The number of rotatable bonds is 3. The summed E-state index contributed by atoms with van der Waals surface area (Å²) in [6, 6.07) is 0. The Bertz CT molecular complexity index is 189. The smallest absolute Gasteiger partial charge is 0.0576 e. The molecule has 4 atom stereocenters. The zero-order chi connectivity index (χ0) is 10.7. The third-order valence-electron chi connectivity index (χ3n) is 4.04. The minimum absolute atomic E-state index is 0.585. The second-order valence-corrected chi connectivity index (χ2v) is 6.58. The Kier molecular flexibility index (Phi) is 4.51. The van der Waals surface area contributed by atoms with Gasteiger partial charge in [-0.1, -0.05) is 22.9 Å². The molecule has 0 aromatic rings. The number of halogens is 1. The average molecular weight is 275 g/mol. The van der Waals surface area contributed by atoms with Crippen LogP contribution in [0.4, 0.5) is 0 Å². The van der Waals surface area contributed by atoms with E-state index in [0.717, 1.165) is 23.3 Å². The van der Waals surface area contributed by atoms with Crippen molar-refractivity contribution in [3.05, 3.63) is 0 Å². The number of ether oxygens (including phenoxy) is 1. The summed E-state index contributed by atoms with van der Waals surface area (Å²) in [5, 5.41) is 0. The minimum atomic E-state index is 0.585. The summed E-state index contributed by atoms with van der Waals surface area (Å²) in [6.07, 6.45) is 10.0. The first-order valence-electron chi connectivity index (χ1n) is 6.51. The molecule has 0 amide bonds. The van der Waals surface area contributed by atoms with Gasteiger partial charge in [-0.3, -0.25) is 0 Å². The molecule has 2 aliphatic rings. The zero-order valence-electron chi connectivity index (χ0n) is 9.75. The Balaban J connectivity index is 1.72. The van der Waals surface area contributed by atoms with Crippen molar-refractivity contribution in [2.75, 3.05) is 6.61 Å². The van der Waals surface area contributed by atoms with Crippen LogP contribution >= 0.6 is 15.9 Å². The van der Waals surface area contributed by atoms with E-state index in [1.165, 1.54) is 44.9 Å². The fourth-order valence-electron chi connectivity index (χ4n) is 3.03. The molecule has 0 bridgehead atoms. The Morgan fingerprint density at radius 2 is 2.07 bits per heavy atom. The van der Waals surface area contributed by atoms with Crippen LogP contribution < -0.4 is 0 Å². The molecule has 0 aromatic heterocycles. The van der Waals surface area contributed by atoms with E-state index in [-0.39, 0.29) is 0 Å². The predicted molar refractivity (Wildman–Crippen MR) is 67.4 cm³/mol. The summed E-state index contributed by atoms with van der Waals surface area (Å²) in [7, 11) is 0. The second-order valence-electron chi connectivity index (χ2n) is 5.41. The first-order chi connectivity index (χ1) is 7.25. The third-order valence-corrected chi connectivity index (χ3v) is 5.24. The van der Waals surface area contributed by atoms with Gasteiger partial charge in [-0.25, -0.2) is 0 Å². The first-order valence-corrected chi connectivity index (χ1v) is 7.43. The Morgan fingerprint density at radius 1 is 1.20 bits per heavy atom. The maximum atomic E-state index is 5.69. The fraction of sp³-hybridized carbons (Fsp3) is 1.00. The molecule has 88 valence electrons. The molecule has 0 N–H and O–H groups in total. The van der Waals surface area contributed by atoms with Crippen LogP contribution in [0.5, 0.6) is 0 Å². The Hall–Kier alpha value is 0.440. The quantitative estimate of drug-likeness (QED) is 0.703. The van der Waals surface area contributed by atoms with Gasteiger partial charge in [0.05, 0.1) is 6.10 Å². The molecule has 1 aliphatic carbocycles. The van der Waals surface area contributed by atoms with Gasteiger partial charge in [-0.05, 0) is 56.8 Å². The van der Waals surface area contributed by atoms with E-state index in [1.807, 2.05) is 0 Å². The highest BCUT2D eigenvalue weighted by molar-refractivity contribution is 9.09. The number of hydrogen-bond acceptors (Lipinski definition) is 1. The monoisotopic (exact) mass is 274 g/mol. The van der Waals surface area contributed by atoms with E-state index < -0.39 is 0 Å². The minimum Gasteiger partial charge on any atom is -0.378 e. The van der Waals surface area contributed by atoms with E-state index in [9.17, 15) is 0 Å². The van der Waals surface area contributed by atoms with Crippen molar-refractivity contribution >= 4 is 15.9 Å². The normalized spacial score (nSPS) is 42.0. The molecule has 1 aliphatic heterocycles. The SMILES string of the molecule is CC1CCC(Br)C(CCC2CCCO2)C1. The number of hydrogen-bond donors (Lipinski definition) is 0. The van der Waals surface area contributed by atoms with Crippen molar-refractivity contribution in [3.8, 4) is 0 Å². The van der Waals surface area contributed by atoms with Gasteiger partial charge < -0.3 is 4.74 Å².